The van der Waals surface area contributed by atoms with Crippen molar-refractivity contribution < 1.29 is 13.9 Å². The molecule has 0 aromatic heterocycles. The minimum atomic E-state index is -0.372. The molecule has 1 amide bonds. The van der Waals surface area contributed by atoms with Crippen LogP contribution in [-0.2, 0) is 4.74 Å². The van der Waals surface area contributed by atoms with E-state index in [1.807, 2.05) is 0 Å². The van der Waals surface area contributed by atoms with Crippen LogP contribution < -0.4 is 4.90 Å². The summed E-state index contributed by atoms with van der Waals surface area (Å²) < 4.78 is 19.6. The Morgan fingerprint density at radius 2 is 2.04 bits per heavy atom. The molecule has 0 spiro atoms. The highest BCUT2D eigenvalue weighted by atomic mass is 19.1. The SMILES string of the molecule is CN1CCN(c2ccc(F)cc2C(=O)N(C)C[C@@H]2CCCCO2)CC1. The fourth-order valence-corrected chi connectivity index (χ4v) is 3.55. The normalized spacial score (nSPS) is 22.0. The third kappa shape index (κ3) is 4.50. The number of hydrogen-bond acceptors (Lipinski definition) is 4. The van der Waals surface area contributed by atoms with Gasteiger partial charge in [0, 0.05) is 52.1 Å². The highest BCUT2D eigenvalue weighted by Crippen LogP contribution is 2.25. The number of halogens is 1. The fraction of sp³-hybridized carbons (Fsp3) is 0.632. The van der Waals surface area contributed by atoms with E-state index in [0.717, 1.165) is 57.7 Å². The van der Waals surface area contributed by atoms with Gasteiger partial charge in [0.2, 0.25) is 0 Å². The van der Waals surface area contributed by atoms with Crippen molar-refractivity contribution in [3.63, 3.8) is 0 Å². The van der Waals surface area contributed by atoms with Gasteiger partial charge in [0.1, 0.15) is 5.82 Å². The third-order valence-electron chi connectivity index (χ3n) is 5.13. The Balaban J connectivity index is 1.75. The van der Waals surface area contributed by atoms with Gasteiger partial charge < -0.3 is 19.4 Å². The zero-order valence-corrected chi connectivity index (χ0v) is 15.2. The van der Waals surface area contributed by atoms with Gasteiger partial charge in [0.15, 0.2) is 0 Å². The molecule has 0 N–H and O–H groups in total. The van der Waals surface area contributed by atoms with Crippen LogP contribution in [0.2, 0.25) is 0 Å². The first-order chi connectivity index (χ1) is 12.0. The second-order valence-electron chi connectivity index (χ2n) is 7.13. The summed E-state index contributed by atoms with van der Waals surface area (Å²) in [5, 5.41) is 0. The minimum absolute atomic E-state index is 0.0864. The standard InChI is InChI=1S/C19H28FN3O2/c1-21-8-10-23(11-9-21)18-7-6-15(20)13-17(18)19(24)22(2)14-16-5-3-4-12-25-16/h6-7,13,16H,3-5,8-12,14H2,1-2H3/t16-/m0/s1. The van der Waals surface area contributed by atoms with Gasteiger partial charge in [-0.3, -0.25) is 4.79 Å². The van der Waals surface area contributed by atoms with Crippen molar-refractivity contribution >= 4 is 11.6 Å². The number of carbonyl (C=O) groups excluding carboxylic acids is 1. The Bertz CT molecular complexity index is 596. The highest BCUT2D eigenvalue weighted by Gasteiger charge is 2.25. The van der Waals surface area contributed by atoms with Gasteiger partial charge >= 0.3 is 0 Å². The van der Waals surface area contributed by atoms with Crippen molar-refractivity contribution in [3.8, 4) is 0 Å². The fourth-order valence-electron chi connectivity index (χ4n) is 3.55. The summed E-state index contributed by atoms with van der Waals surface area (Å²) in [5.74, 6) is -0.508. The summed E-state index contributed by atoms with van der Waals surface area (Å²) in [7, 11) is 3.87. The Labute approximate surface area is 149 Å². The zero-order chi connectivity index (χ0) is 17.8. The molecular weight excluding hydrogens is 321 g/mol. The molecule has 0 aliphatic carbocycles. The lowest BCUT2D eigenvalue weighted by molar-refractivity contribution is -0.000184. The van der Waals surface area contributed by atoms with Gasteiger partial charge in [-0.15, -0.1) is 0 Å². The molecule has 1 aromatic rings. The molecule has 25 heavy (non-hydrogen) atoms. The number of piperazine rings is 1. The summed E-state index contributed by atoms with van der Waals surface area (Å²) in [6.45, 7) is 4.89. The largest absolute Gasteiger partial charge is 0.376 e. The van der Waals surface area contributed by atoms with Gasteiger partial charge in [0.05, 0.1) is 11.7 Å². The maximum atomic E-state index is 13.8. The third-order valence-corrected chi connectivity index (χ3v) is 5.13. The van der Waals surface area contributed by atoms with Crippen LogP contribution in [0.3, 0.4) is 0 Å². The average Bonchev–Trinajstić information content (AvgIpc) is 2.62. The van der Waals surface area contributed by atoms with Crippen LogP contribution in [0.4, 0.5) is 10.1 Å². The number of anilines is 1. The Morgan fingerprint density at radius 1 is 1.28 bits per heavy atom. The van der Waals surface area contributed by atoms with Crippen LogP contribution in [0.25, 0.3) is 0 Å². The Kier molecular flexibility index (Phi) is 5.91. The quantitative estimate of drug-likeness (QED) is 0.835. The lowest BCUT2D eigenvalue weighted by atomic mass is 10.1. The summed E-state index contributed by atoms with van der Waals surface area (Å²) in [6, 6.07) is 4.54. The molecule has 5 nitrogen and oxygen atoms in total. The van der Waals surface area contributed by atoms with E-state index in [2.05, 4.69) is 16.8 Å². The zero-order valence-electron chi connectivity index (χ0n) is 15.2. The molecule has 2 aliphatic rings. The number of hydrogen-bond donors (Lipinski definition) is 0. The predicted octanol–water partition coefficient (Wildman–Crippen LogP) is 2.22. The van der Waals surface area contributed by atoms with Gasteiger partial charge in [-0.05, 0) is 44.5 Å². The minimum Gasteiger partial charge on any atom is -0.376 e. The Hall–Kier alpha value is -1.66. The van der Waals surface area contributed by atoms with Crippen LogP contribution in [-0.4, -0.2) is 75.2 Å². The van der Waals surface area contributed by atoms with Gasteiger partial charge in [-0.2, -0.15) is 0 Å². The van der Waals surface area contributed by atoms with E-state index in [0.29, 0.717) is 12.1 Å². The first-order valence-corrected chi connectivity index (χ1v) is 9.14. The van der Waals surface area contributed by atoms with Crippen molar-refractivity contribution in [3.05, 3.63) is 29.6 Å². The van der Waals surface area contributed by atoms with Gasteiger partial charge in [-0.25, -0.2) is 4.39 Å². The van der Waals surface area contributed by atoms with E-state index < -0.39 is 0 Å². The number of nitrogens with zero attached hydrogens (tertiary/aromatic N) is 3. The smallest absolute Gasteiger partial charge is 0.255 e. The molecule has 2 aliphatic heterocycles. The number of carbonyl (C=O) groups is 1. The highest BCUT2D eigenvalue weighted by molar-refractivity contribution is 5.99. The lowest BCUT2D eigenvalue weighted by Crippen LogP contribution is -2.45. The van der Waals surface area contributed by atoms with Crippen molar-refractivity contribution in [1.29, 1.82) is 0 Å². The first-order valence-electron chi connectivity index (χ1n) is 9.14. The molecule has 2 saturated heterocycles. The van der Waals surface area contributed by atoms with Crippen LogP contribution in [0.15, 0.2) is 18.2 Å². The van der Waals surface area contributed by atoms with Crippen molar-refractivity contribution in [1.82, 2.24) is 9.80 Å². The number of benzene rings is 1. The van der Waals surface area contributed by atoms with Crippen LogP contribution >= 0.6 is 0 Å². The maximum Gasteiger partial charge on any atom is 0.255 e. The number of ether oxygens (including phenoxy) is 1. The molecule has 0 unspecified atom stereocenters. The summed E-state index contributed by atoms with van der Waals surface area (Å²) in [5.41, 5.74) is 1.28. The average molecular weight is 349 g/mol. The van der Waals surface area contributed by atoms with Crippen LogP contribution in [0, 0.1) is 5.82 Å². The molecule has 1 atom stereocenters. The van der Waals surface area contributed by atoms with E-state index in [1.54, 1.807) is 18.0 Å². The molecule has 2 heterocycles. The van der Waals surface area contributed by atoms with E-state index in [1.165, 1.54) is 12.1 Å². The summed E-state index contributed by atoms with van der Waals surface area (Å²) in [4.78, 5) is 19.1. The van der Waals surface area contributed by atoms with Crippen molar-refractivity contribution in [2.24, 2.45) is 0 Å². The monoisotopic (exact) mass is 349 g/mol. The maximum absolute atomic E-state index is 13.8. The summed E-state index contributed by atoms with van der Waals surface area (Å²) in [6.07, 6.45) is 3.29. The molecule has 0 radical (unpaired) electrons. The second-order valence-corrected chi connectivity index (χ2v) is 7.13. The molecule has 3 rings (SSSR count). The number of likely N-dealkylation sites (N-methyl/N-ethyl adjacent to an activating group) is 2. The van der Waals surface area contributed by atoms with Crippen LogP contribution in [0.5, 0.6) is 0 Å². The molecule has 0 bridgehead atoms. The van der Waals surface area contributed by atoms with E-state index >= 15 is 0 Å². The predicted molar refractivity (Wildman–Crippen MR) is 96.7 cm³/mol. The van der Waals surface area contributed by atoms with E-state index in [4.69, 9.17) is 4.74 Å². The van der Waals surface area contributed by atoms with Gasteiger partial charge in [-0.1, -0.05) is 0 Å². The molecule has 138 valence electrons. The first kappa shape index (κ1) is 18.1. The number of rotatable bonds is 4. The molecule has 2 fully saturated rings. The van der Waals surface area contributed by atoms with E-state index in [-0.39, 0.29) is 17.8 Å². The topological polar surface area (TPSA) is 36.0 Å². The molecule has 0 saturated carbocycles. The lowest BCUT2D eigenvalue weighted by Gasteiger charge is -2.35. The molecular formula is C19H28FN3O2. The van der Waals surface area contributed by atoms with Crippen molar-refractivity contribution in [2.45, 2.75) is 25.4 Å². The molecule has 6 heteroatoms. The second kappa shape index (κ2) is 8.15. The van der Waals surface area contributed by atoms with Crippen molar-refractivity contribution in [2.75, 3.05) is 58.3 Å². The summed E-state index contributed by atoms with van der Waals surface area (Å²) >= 11 is 0. The number of amides is 1. The Morgan fingerprint density at radius 3 is 2.72 bits per heavy atom. The molecule has 1 aromatic carbocycles. The van der Waals surface area contributed by atoms with E-state index in [9.17, 15) is 9.18 Å². The van der Waals surface area contributed by atoms with Gasteiger partial charge in [0.25, 0.3) is 5.91 Å². The van der Waals surface area contributed by atoms with Crippen LogP contribution in [0.1, 0.15) is 29.6 Å².